The monoisotopic (exact) mass is 357 g/mol. The van der Waals surface area contributed by atoms with Gasteiger partial charge in [-0.1, -0.05) is 31.0 Å². The Kier molecular flexibility index (Phi) is 7.38. The number of hydrogen-bond acceptors (Lipinski definition) is 3. The first-order valence-electron chi connectivity index (χ1n) is 8.70. The van der Waals surface area contributed by atoms with Gasteiger partial charge in [-0.3, -0.25) is 4.79 Å². The molecule has 0 spiro atoms. The summed E-state index contributed by atoms with van der Waals surface area (Å²) < 4.78 is 5.46. The summed E-state index contributed by atoms with van der Waals surface area (Å²) >= 11 is 1.74. The van der Waals surface area contributed by atoms with Gasteiger partial charge in [0, 0.05) is 27.8 Å². The summed E-state index contributed by atoms with van der Waals surface area (Å²) in [4.78, 5) is 13.6. The molecule has 2 rings (SSSR count). The number of aryl methyl sites for hydroxylation is 1. The zero-order valence-corrected chi connectivity index (χ0v) is 16.3. The lowest BCUT2D eigenvalue weighted by molar-refractivity contribution is 0.0938. The summed E-state index contributed by atoms with van der Waals surface area (Å²) in [6.45, 7) is 6.24. The number of carbonyl (C=O) groups excluding carboxylic acids is 1. The molecule has 0 aliphatic carbocycles. The van der Waals surface area contributed by atoms with Crippen LogP contribution >= 0.6 is 11.8 Å². The lowest BCUT2D eigenvalue weighted by Crippen LogP contribution is -2.32. The first kappa shape index (κ1) is 19.4. The van der Waals surface area contributed by atoms with Gasteiger partial charge in [-0.15, -0.1) is 11.8 Å². The average molecular weight is 358 g/mol. The van der Waals surface area contributed by atoms with Crippen molar-refractivity contribution in [3.63, 3.8) is 0 Å². The zero-order chi connectivity index (χ0) is 18.2. The van der Waals surface area contributed by atoms with E-state index in [1.54, 1.807) is 18.9 Å². The van der Waals surface area contributed by atoms with E-state index >= 15 is 0 Å². The minimum Gasteiger partial charge on any atom is -0.496 e. The van der Waals surface area contributed by atoms with E-state index in [1.165, 1.54) is 10.5 Å². The second-order valence-electron chi connectivity index (χ2n) is 6.29. The normalized spacial score (nSPS) is 11.8. The van der Waals surface area contributed by atoms with Crippen LogP contribution in [0.15, 0.2) is 47.4 Å². The van der Waals surface area contributed by atoms with Crippen LogP contribution in [0.1, 0.15) is 48.2 Å². The highest BCUT2D eigenvalue weighted by molar-refractivity contribution is 7.98. The van der Waals surface area contributed by atoms with Gasteiger partial charge >= 0.3 is 0 Å². The minimum atomic E-state index is -0.0230. The summed E-state index contributed by atoms with van der Waals surface area (Å²) in [7, 11) is 1.67. The van der Waals surface area contributed by atoms with Crippen LogP contribution in [0.2, 0.25) is 0 Å². The number of rotatable bonds is 8. The van der Waals surface area contributed by atoms with Crippen molar-refractivity contribution in [3.05, 3.63) is 59.2 Å². The summed E-state index contributed by atoms with van der Waals surface area (Å²) in [6.07, 6.45) is 2.04. The molecule has 0 saturated carbocycles. The third-order valence-corrected chi connectivity index (χ3v) is 5.12. The van der Waals surface area contributed by atoms with Gasteiger partial charge in [0.05, 0.1) is 7.11 Å². The van der Waals surface area contributed by atoms with Gasteiger partial charge in [-0.25, -0.2) is 0 Å². The fraction of sp³-hybridized carbons (Fsp3) is 0.381. The fourth-order valence-electron chi connectivity index (χ4n) is 2.64. The second kappa shape index (κ2) is 9.52. The van der Waals surface area contributed by atoms with Crippen molar-refractivity contribution in [3.8, 4) is 5.75 Å². The zero-order valence-electron chi connectivity index (χ0n) is 15.5. The first-order chi connectivity index (χ1) is 12.0. The van der Waals surface area contributed by atoms with Crippen molar-refractivity contribution < 1.29 is 9.53 Å². The molecule has 0 radical (unpaired) electrons. The van der Waals surface area contributed by atoms with Crippen LogP contribution in [0.4, 0.5) is 0 Å². The number of amides is 1. The second-order valence-corrected chi connectivity index (χ2v) is 7.34. The lowest BCUT2D eigenvalue weighted by Gasteiger charge is -2.14. The summed E-state index contributed by atoms with van der Waals surface area (Å²) in [6, 6.07) is 14.3. The van der Waals surface area contributed by atoms with Gasteiger partial charge in [0.1, 0.15) is 5.75 Å². The SMILES string of the molecule is CCCC(C)NC(=O)c1ccc(OC)c(CSc2ccc(C)cc2)c1. The van der Waals surface area contributed by atoms with Crippen LogP contribution in [0.5, 0.6) is 5.75 Å². The van der Waals surface area contributed by atoms with Gasteiger partial charge in [0.2, 0.25) is 0 Å². The van der Waals surface area contributed by atoms with E-state index in [2.05, 4.69) is 43.4 Å². The molecular formula is C21H27NO2S. The summed E-state index contributed by atoms with van der Waals surface area (Å²) in [5.74, 6) is 1.56. The third kappa shape index (κ3) is 5.82. The molecular weight excluding hydrogens is 330 g/mol. The molecule has 2 aromatic carbocycles. The van der Waals surface area contributed by atoms with Crippen LogP contribution in [-0.4, -0.2) is 19.1 Å². The molecule has 0 saturated heterocycles. The maximum Gasteiger partial charge on any atom is 0.251 e. The maximum atomic E-state index is 12.4. The number of carbonyl (C=O) groups is 1. The van der Waals surface area contributed by atoms with E-state index in [-0.39, 0.29) is 11.9 Å². The van der Waals surface area contributed by atoms with E-state index in [9.17, 15) is 4.79 Å². The third-order valence-electron chi connectivity index (χ3n) is 4.06. The molecule has 0 aliphatic heterocycles. The molecule has 2 aromatic rings. The van der Waals surface area contributed by atoms with Gasteiger partial charge in [0.15, 0.2) is 0 Å². The van der Waals surface area contributed by atoms with Gasteiger partial charge in [0.25, 0.3) is 5.91 Å². The number of benzene rings is 2. The van der Waals surface area contributed by atoms with Crippen LogP contribution in [0.25, 0.3) is 0 Å². The highest BCUT2D eigenvalue weighted by Gasteiger charge is 2.12. The molecule has 0 bridgehead atoms. The molecule has 1 amide bonds. The van der Waals surface area contributed by atoms with E-state index in [0.717, 1.165) is 29.9 Å². The van der Waals surface area contributed by atoms with Crippen molar-refractivity contribution in [2.45, 2.75) is 50.3 Å². The standard InChI is InChI=1S/C21H27NO2S/c1-5-6-16(3)22-21(23)17-9-12-20(24-4)18(13-17)14-25-19-10-7-15(2)8-11-19/h7-13,16H,5-6,14H2,1-4H3,(H,22,23). The number of hydrogen-bond donors (Lipinski definition) is 1. The van der Waals surface area contributed by atoms with E-state index in [1.807, 2.05) is 25.1 Å². The van der Waals surface area contributed by atoms with E-state index < -0.39 is 0 Å². The highest BCUT2D eigenvalue weighted by Crippen LogP contribution is 2.29. The van der Waals surface area contributed by atoms with Crippen LogP contribution in [-0.2, 0) is 5.75 Å². The molecule has 0 aliphatic rings. The molecule has 1 atom stereocenters. The molecule has 0 heterocycles. The largest absolute Gasteiger partial charge is 0.496 e. The van der Waals surface area contributed by atoms with Crippen molar-refractivity contribution in [2.24, 2.45) is 0 Å². The van der Waals surface area contributed by atoms with Crippen molar-refractivity contribution in [2.75, 3.05) is 7.11 Å². The Hall–Kier alpha value is -1.94. The molecule has 134 valence electrons. The minimum absolute atomic E-state index is 0.0230. The smallest absolute Gasteiger partial charge is 0.251 e. The Morgan fingerprint density at radius 2 is 1.92 bits per heavy atom. The van der Waals surface area contributed by atoms with Crippen LogP contribution in [0.3, 0.4) is 0 Å². The first-order valence-corrected chi connectivity index (χ1v) is 9.69. The van der Waals surface area contributed by atoms with Crippen molar-refractivity contribution in [1.82, 2.24) is 5.32 Å². The molecule has 0 aromatic heterocycles. The van der Waals surface area contributed by atoms with Crippen molar-refractivity contribution in [1.29, 1.82) is 0 Å². The Balaban J connectivity index is 2.10. The number of ether oxygens (including phenoxy) is 1. The molecule has 0 fully saturated rings. The maximum absolute atomic E-state index is 12.4. The Morgan fingerprint density at radius 3 is 2.56 bits per heavy atom. The number of nitrogens with one attached hydrogen (secondary N) is 1. The number of thioether (sulfide) groups is 1. The van der Waals surface area contributed by atoms with Crippen LogP contribution in [0, 0.1) is 6.92 Å². The number of methoxy groups -OCH3 is 1. The predicted octanol–water partition coefficient (Wildman–Crippen LogP) is 5.21. The van der Waals surface area contributed by atoms with Gasteiger partial charge in [-0.05, 0) is 50.6 Å². The van der Waals surface area contributed by atoms with Crippen molar-refractivity contribution >= 4 is 17.7 Å². The Morgan fingerprint density at radius 1 is 1.20 bits per heavy atom. The summed E-state index contributed by atoms with van der Waals surface area (Å²) in [5, 5.41) is 3.06. The highest BCUT2D eigenvalue weighted by atomic mass is 32.2. The average Bonchev–Trinajstić information content (AvgIpc) is 2.61. The topological polar surface area (TPSA) is 38.3 Å². The molecule has 1 N–H and O–H groups in total. The Bertz CT molecular complexity index is 698. The molecule has 25 heavy (non-hydrogen) atoms. The van der Waals surface area contributed by atoms with Crippen LogP contribution < -0.4 is 10.1 Å². The Labute approximate surface area is 155 Å². The van der Waals surface area contributed by atoms with E-state index in [4.69, 9.17) is 4.74 Å². The van der Waals surface area contributed by atoms with Gasteiger partial charge in [-0.2, -0.15) is 0 Å². The summed E-state index contributed by atoms with van der Waals surface area (Å²) in [5.41, 5.74) is 2.97. The molecule has 3 nitrogen and oxygen atoms in total. The molecule has 1 unspecified atom stereocenters. The molecule has 4 heteroatoms. The van der Waals surface area contributed by atoms with Gasteiger partial charge < -0.3 is 10.1 Å². The quantitative estimate of drug-likeness (QED) is 0.659. The lowest BCUT2D eigenvalue weighted by atomic mass is 10.1. The van der Waals surface area contributed by atoms with E-state index in [0.29, 0.717) is 5.56 Å². The predicted molar refractivity (Wildman–Crippen MR) is 106 cm³/mol. The fourth-order valence-corrected chi connectivity index (χ4v) is 3.52.